The zero-order chi connectivity index (χ0) is 4.99. The summed E-state index contributed by atoms with van der Waals surface area (Å²) in [5.74, 6) is 0. The minimum Gasteiger partial charge on any atom is -0.432 e. The van der Waals surface area contributed by atoms with Gasteiger partial charge in [-0.1, -0.05) is 6.92 Å². The minimum absolute atomic E-state index is 0. The van der Waals surface area contributed by atoms with Crippen LogP contribution in [0.25, 0.3) is 0 Å². The topological polar surface area (TPSA) is 26.0 Å². The predicted molar refractivity (Wildman–Crippen MR) is 32.6 cm³/mol. The third-order valence-electron chi connectivity index (χ3n) is 0.330. The molecule has 0 aliphatic rings. The van der Waals surface area contributed by atoms with Gasteiger partial charge >= 0.3 is 0 Å². The van der Waals surface area contributed by atoms with Crippen LogP contribution in [0.5, 0.6) is 0 Å². The predicted octanol–water partition coefficient (Wildman–Crippen LogP) is 0.455. The smallest absolute Gasteiger partial charge is 0 e. The fourth-order valence-corrected chi connectivity index (χ4v) is 0.185. The van der Waals surface area contributed by atoms with Gasteiger partial charge < -0.3 is 5.73 Å². The van der Waals surface area contributed by atoms with Crippen molar-refractivity contribution in [3.05, 3.63) is 24.4 Å². The number of hydrogen-bond donors (Lipinski definition) is 1. The Bertz CT molecular complexity index is 80.5. The SMILES string of the molecule is C=C(N)[C-]=CC.[B].[Y]. The molecule has 2 N–H and O–H groups in total. The van der Waals surface area contributed by atoms with Crippen molar-refractivity contribution in [2.45, 2.75) is 6.92 Å². The van der Waals surface area contributed by atoms with Gasteiger partial charge in [0.2, 0.25) is 0 Å². The Morgan fingerprint density at radius 3 is 2.12 bits per heavy atom. The summed E-state index contributed by atoms with van der Waals surface area (Å²) >= 11 is 0. The van der Waals surface area contributed by atoms with Crippen LogP contribution in [0, 0.1) is 6.08 Å². The molecule has 40 valence electrons. The average Bonchev–Trinajstić information content (AvgIpc) is 1.35. The van der Waals surface area contributed by atoms with Crippen molar-refractivity contribution in [1.82, 2.24) is 0 Å². The summed E-state index contributed by atoms with van der Waals surface area (Å²) < 4.78 is 0. The third kappa shape index (κ3) is 16.1. The van der Waals surface area contributed by atoms with Crippen LogP contribution >= 0.6 is 0 Å². The second kappa shape index (κ2) is 10.4. The molecule has 0 bridgehead atoms. The summed E-state index contributed by atoms with van der Waals surface area (Å²) in [7, 11) is 0. The van der Waals surface area contributed by atoms with Crippen molar-refractivity contribution in [1.29, 1.82) is 0 Å². The molecule has 0 aromatic rings. The van der Waals surface area contributed by atoms with Gasteiger partial charge in [0.25, 0.3) is 0 Å². The van der Waals surface area contributed by atoms with Crippen LogP contribution in [0.4, 0.5) is 0 Å². The standard InChI is InChI=1S/C5H8N.B.Y/c1-3-4-5(2)6;;/h3H,2,6H2,1H3;;/q-1;;. The molecule has 0 atom stereocenters. The quantitative estimate of drug-likeness (QED) is 0.355. The summed E-state index contributed by atoms with van der Waals surface area (Å²) in [6.45, 7) is 5.23. The van der Waals surface area contributed by atoms with Gasteiger partial charge in [-0.3, -0.25) is 0 Å². The van der Waals surface area contributed by atoms with Crippen LogP contribution in [-0.4, -0.2) is 8.41 Å². The van der Waals surface area contributed by atoms with Gasteiger partial charge in [0.15, 0.2) is 0 Å². The third-order valence-corrected chi connectivity index (χ3v) is 0.330. The van der Waals surface area contributed by atoms with E-state index in [9.17, 15) is 0 Å². The average molecular weight is 182 g/mol. The van der Waals surface area contributed by atoms with Crippen LogP contribution in [0.1, 0.15) is 6.92 Å². The molecule has 0 heterocycles. The molecule has 0 saturated heterocycles. The fourth-order valence-electron chi connectivity index (χ4n) is 0.185. The van der Waals surface area contributed by atoms with Crippen molar-refractivity contribution in [2.24, 2.45) is 5.73 Å². The Hall–Kier alpha value is 0.449. The Labute approximate surface area is 77.9 Å². The first kappa shape index (κ1) is 15.8. The largest absolute Gasteiger partial charge is 0.432 e. The summed E-state index contributed by atoms with van der Waals surface area (Å²) in [6.07, 6.45) is 4.39. The molecule has 0 unspecified atom stereocenters. The molecule has 8 heavy (non-hydrogen) atoms. The van der Waals surface area contributed by atoms with Crippen LogP contribution < -0.4 is 5.73 Å². The van der Waals surface area contributed by atoms with E-state index < -0.39 is 0 Å². The Kier molecular flexibility index (Phi) is 20.6. The first-order chi connectivity index (χ1) is 2.77. The van der Waals surface area contributed by atoms with E-state index in [4.69, 9.17) is 5.73 Å². The molecule has 0 aliphatic heterocycles. The maximum Gasteiger partial charge on any atom is 0 e. The molecular formula is C5H8BNY-. The van der Waals surface area contributed by atoms with Crippen LogP contribution in [0.15, 0.2) is 18.4 Å². The molecule has 3 heteroatoms. The van der Waals surface area contributed by atoms with E-state index in [0.29, 0.717) is 5.70 Å². The van der Waals surface area contributed by atoms with E-state index in [-0.39, 0.29) is 41.1 Å². The van der Waals surface area contributed by atoms with Gasteiger partial charge in [-0.05, 0) is 0 Å². The molecular weight excluding hydrogens is 174 g/mol. The van der Waals surface area contributed by atoms with Crippen LogP contribution in [0.3, 0.4) is 0 Å². The zero-order valence-electron chi connectivity index (χ0n) is 5.02. The summed E-state index contributed by atoms with van der Waals surface area (Å²) in [5.41, 5.74) is 5.55. The van der Waals surface area contributed by atoms with Crippen molar-refractivity contribution in [3.63, 3.8) is 0 Å². The van der Waals surface area contributed by atoms with Gasteiger partial charge in [-0.2, -0.15) is 6.08 Å². The van der Waals surface area contributed by atoms with Crippen molar-refractivity contribution in [2.75, 3.05) is 0 Å². The molecule has 0 saturated carbocycles. The molecule has 1 nitrogen and oxygen atoms in total. The van der Waals surface area contributed by atoms with E-state index in [0.717, 1.165) is 0 Å². The van der Waals surface area contributed by atoms with Gasteiger partial charge in [-0.15, -0.1) is 5.70 Å². The van der Waals surface area contributed by atoms with Crippen molar-refractivity contribution >= 4 is 8.41 Å². The van der Waals surface area contributed by atoms with Gasteiger partial charge in [0, 0.05) is 41.1 Å². The number of rotatable bonds is 1. The van der Waals surface area contributed by atoms with Gasteiger partial charge in [-0.25, -0.2) is 12.7 Å². The summed E-state index contributed by atoms with van der Waals surface area (Å²) in [6, 6.07) is 0. The van der Waals surface area contributed by atoms with Gasteiger partial charge in [0.05, 0.1) is 0 Å². The molecule has 0 spiro atoms. The second-order valence-electron chi connectivity index (χ2n) is 0.958. The summed E-state index contributed by atoms with van der Waals surface area (Å²) in [5, 5.41) is 0. The number of nitrogens with two attached hydrogens (primary N) is 1. The Morgan fingerprint density at radius 2 is 2.12 bits per heavy atom. The van der Waals surface area contributed by atoms with Crippen LogP contribution in [-0.2, 0) is 32.7 Å². The van der Waals surface area contributed by atoms with E-state index in [1.165, 1.54) is 0 Å². The number of hydrogen-bond acceptors (Lipinski definition) is 1. The Morgan fingerprint density at radius 1 is 1.75 bits per heavy atom. The molecule has 0 rings (SSSR count). The Balaban J connectivity index is -0.000000125. The molecule has 0 aromatic heterocycles. The van der Waals surface area contributed by atoms with Crippen LogP contribution in [0.2, 0.25) is 0 Å². The molecule has 0 fully saturated rings. The van der Waals surface area contributed by atoms with E-state index >= 15 is 0 Å². The number of allylic oxidation sites excluding steroid dienone is 2. The molecule has 0 amide bonds. The van der Waals surface area contributed by atoms with Crippen molar-refractivity contribution in [3.8, 4) is 0 Å². The van der Waals surface area contributed by atoms with E-state index in [1.807, 2.05) is 6.92 Å². The maximum atomic E-state index is 5.07. The van der Waals surface area contributed by atoms with Gasteiger partial charge in [0.1, 0.15) is 0 Å². The molecule has 0 aromatic carbocycles. The molecule has 0 aliphatic carbocycles. The summed E-state index contributed by atoms with van der Waals surface area (Å²) in [4.78, 5) is 0. The maximum absolute atomic E-state index is 5.07. The minimum atomic E-state index is 0. The first-order valence-electron chi connectivity index (χ1n) is 1.76. The molecule has 4 radical (unpaired) electrons. The second-order valence-corrected chi connectivity index (χ2v) is 0.958. The zero-order valence-corrected chi connectivity index (χ0v) is 7.85. The first-order valence-corrected chi connectivity index (χ1v) is 1.76. The fraction of sp³-hybridized carbons (Fsp3) is 0.200. The van der Waals surface area contributed by atoms with E-state index in [1.54, 1.807) is 6.08 Å². The normalized spacial score (nSPS) is 7.12. The van der Waals surface area contributed by atoms with E-state index in [2.05, 4.69) is 12.7 Å². The van der Waals surface area contributed by atoms with Crippen molar-refractivity contribution < 1.29 is 32.7 Å². The monoisotopic (exact) mass is 182 g/mol.